The summed E-state index contributed by atoms with van der Waals surface area (Å²) in [5.41, 5.74) is 5.91. The maximum Gasteiger partial charge on any atom is 0.309 e. The van der Waals surface area contributed by atoms with Crippen LogP contribution in [0.3, 0.4) is 0 Å². The highest BCUT2D eigenvalue weighted by atomic mass is 32.2. The van der Waals surface area contributed by atoms with Gasteiger partial charge in [-0.15, -0.1) is 0 Å². The van der Waals surface area contributed by atoms with Crippen LogP contribution in [0, 0.1) is 30.1 Å². The summed E-state index contributed by atoms with van der Waals surface area (Å²) < 4.78 is 49.4. The second-order valence-electron chi connectivity index (χ2n) is 15.2. The molecule has 3 aromatic rings. The lowest BCUT2D eigenvalue weighted by atomic mass is 9.48. The first-order valence-corrected chi connectivity index (χ1v) is 18.0. The monoisotopic (exact) mass is 625 g/mol. The highest BCUT2D eigenvalue weighted by Gasteiger charge is 2.60. The summed E-state index contributed by atoms with van der Waals surface area (Å²) >= 11 is 0. The Labute approximate surface area is 266 Å². The molecule has 4 saturated carbocycles. The van der Waals surface area contributed by atoms with Crippen molar-refractivity contribution in [2.24, 2.45) is 23.2 Å². The van der Waals surface area contributed by atoms with Crippen LogP contribution in [0.2, 0.25) is 0 Å². The van der Waals surface area contributed by atoms with E-state index in [1.54, 1.807) is 6.07 Å². The molecule has 3 aromatic carbocycles. The molecule has 10 rings (SSSR count). The standard InChI is InChI=1S/C38H42O6S/c1-22(2)30-15-33(23(3)12-34(30)45(40,41)42)44-38-18-24-13-25(19-38)17-37(16-24,20-38)21-43-36(39)32-14-31-26-8-4-6-10-28(26)35(32)29-11-7-5-9-27(29)31/h4-12,15,22,24-25,31-32,35H,13-14,16-21H2,1-3H3,(H,40,41,42)/p-1. The van der Waals surface area contributed by atoms with Gasteiger partial charge in [0.1, 0.15) is 21.5 Å². The number of esters is 1. The average Bonchev–Trinajstić information content (AvgIpc) is 2.99. The molecule has 7 aliphatic carbocycles. The minimum atomic E-state index is -4.60. The van der Waals surface area contributed by atoms with Crippen LogP contribution in [0.1, 0.15) is 110 Å². The Kier molecular flexibility index (Phi) is 6.61. The molecule has 3 atom stereocenters. The number of hydrogen-bond acceptors (Lipinski definition) is 6. The quantitative estimate of drug-likeness (QED) is 0.199. The summed E-state index contributed by atoms with van der Waals surface area (Å²) in [7, 11) is -4.60. The van der Waals surface area contributed by atoms with E-state index < -0.39 is 10.1 Å². The SMILES string of the molecule is Cc1cc(S(=O)(=O)[O-])c(C(C)C)cc1OC12CC3CC(CC(COC(=O)C4CC5c6ccccc6C4c4ccccc45)(C3)C1)C2. The number of carbonyl (C=O) groups excluding carboxylic acids is 1. The Morgan fingerprint density at radius 3 is 2.09 bits per heavy atom. The minimum absolute atomic E-state index is 0.0278. The molecular formula is C38H41O6S-. The van der Waals surface area contributed by atoms with E-state index in [9.17, 15) is 17.8 Å². The molecule has 7 aliphatic rings. The van der Waals surface area contributed by atoms with Crippen molar-refractivity contribution in [2.75, 3.05) is 6.61 Å². The molecule has 45 heavy (non-hydrogen) atoms. The number of carbonyl (C=O) groups is 1. The molecule has 4 fully saturated rings. The van der Waals surface area contributed by atoms with Gasteiger partial charge < -0.3 is 14.0 Å². The first-order valence-electron chi connectivity index (χ1n) is 16.6. The summed E-state index contributed by atoms with van der Waals surface area (Å²) in [4.78, 5) is 13.8. The second-order valence-corrected chi connectivity index (χ2v) is 16.6. The van der Waals surface area contributed by atoms with Crippen molar-refractivity contribution in [2.45, 2.75) is 94.0 Å². The van der Waals surface area contributed by atoms with Crippen molar-refractivity contribution >= 4 is 16.1 Å². The second kappa shape index (κ2) is 10.2. The van der Waals surface area contributed by atoms with Crippen molar-refractivity contribution in [1.29, 1.82) is 0 Å². The molecule has 0 saturated heterocycles. The van der Waals surface area contributed by atoms with E-state index >= 15 is 0 Å². The summed E-state index contributed by atoms with van der Waals surface area (Å²) in [5, 5.41) is 0. The van der Waals surface area contributed by atoms with Crippen molar-refractivity contribution in [1.82, 2.24) is 0 Å². The number of rotatable bonds is 7. The van der Waals surface area contributed by atoms with Crippen LogP contribution in [-0.4, -0.2) is 31.1 Å². The molecule has 3 unspecified atom stereocenters. The lowest BCUT2D eigenvalue weighted by Crippen LogP contribution is -2.59. The number of hydrogen-bond donors (Lipinski definition) is 0. The van der Waals surface area contributed by atoms with Gasteiger partial charge in [-0.05, 0) is 115 Å². The first kappa shape index (κ1) is 29.3. The van der Waals surface area contributed by atoms with E-state index in [1.807, 2.05) is 20.8 Å². The van der Waals surface area contributed by atoms with Crippen molar-refractivity contribution in [3.05, 3.63) is 94.0 Å². The van der Waals surface area contributed by atoms with Crippen molar-refractivity contribution in [3.8, 4) is 5.75 Å². The Morgan fingerprint density at radius 2 is 1.51 bits per heavy atom. The molecule has 6 nitrogen and oxygen atoms in total. The Balaban J connectivity index is 1.04. The Bertz CT molecular complexity index is 1750. The van der Waals surface area contributed by atoms with Gasteiger partial charge in [0.2, 0.25) is 0 Å². The maximum absolute atomic E-state index is 14.0. The van der Waals surface area contributed by atoms with Crippen LogP contribution in [0.5, 0.6) is 5.75 Å². The van der Waals surface area contributed by atoms with Gasteiger partial charge in [-0.3, -0.25) is 4.79 Å². The molecule has 0 heterocycles. The van der Waals surface area contributed by atoms with Crippen LogP contribution in [0.4, 0.5) is 0 Å². The molecule has 236 valence electrons. The van der Waals surface area contributed by atoms with Crippen LogP contribution in [-0.2, 0) is 19.6 Å². The van der Waals surface area contributed by atoms with Crippen LogP contribution in [0.15, 0.2) is 65.6 Å². The zero-order chi connectivity index (χ0) is 31.3. The van der Waals surface area contributed by atoms with Gasteiger partial charge in [-0.25, -0.2) is 8.42 Å². The van der Waals surface area contributed by atoms with Crippen molar-refractivity contribution in [3.63, 3.8) is 0 Å². The fraction of sp³-hybridized carbons (Fsp3) is 0.500. The van der Waals surface area contributed by atoms with E-state index in [0.29, 0.717) is 35.3 Å². The van der Waals surface area contributed by atoms with Gasteiger partial charge in [-0.2, -0.15) is 0 Å². The number of fused-ring (bicyclic) bond motifs is 1. The molecule has 0 N–H and O–H groups in total. The lowest BCUT2D eigenvalue weighted by molar-refractivity contribution is -0.181. The largest absolute Gasteiger partial charge is 0.744 e. The predicted molar refractivity (Wildman–Crippen MR) is 169 cm³/mol. The summed E-state index contributed by atoms with van der Waals surface area (Å²) in [6, 6.07) is 20.5. The van der Waals surface area contributed by atoms with Gasteiger partial charge >= 0.3 is 5.97 Å². The molecule has 0 radical (unpaired) electrons. The van der Waals surface area contributed by atoms with E-state index in [1.165, 1.54) is 34.7 Å². The van der Waals surface area contributed by atoms with Gasteiger partial charge in [0.25, 0.3) is 0 Å². The summed E-state index contributed by atoms with van der Waals surface area (Å²) in [5.74, 6) is 1.54. The zero-order valence-electron chi connectivity index (χ0n) is 26.3. The smallest absolute Gasteiger partial charge is 0.309 e. The average molecular weight is 626 g/mol. The molecule has 7 heteroatoms. The van der Waals surface area contributed by atoms with Gasteiger partial charge in [0.05, 0.1) is 17.4 Å². The van der Waals surface area contributed by atoms with E-state index in [-0.39, 0.29) is 45.6 Å². The zero-order valence-corrected chi connectivity index (χ0v) is 27.1. The van der Waals surface area contributed by atoms with Gasteiger partial charge in [-0.1, -0.05) is 62.4 Å². The Morgan fingerprint density at radius 1 is 0.911 bits per heavy atom. The van der Waals surface area contributed by atoms with Gasteiger partial charge in [0, 0.05) is 17.3 Å². The summed E-state index contributed by atoms with van der Waals surface area (Å²) in [6.07, 6.45) is 6.80. The fourth-order valence-corrected chi connectivity index (χ4v) is 11.4. The molecule has 6 bridgehead atoms. The molecular weight excluding hydrogens is 584 g/mol. The van der Waals surface area contributed by atoms with Crippen molar-refractivity contribution < 1.29 is 27.2 Å². The molecule has 0 amide bonds. The minimum Gasteiger partial charge on any atom is -0.744 e. The predicted octanol–water partition coefficient (Wildman–Crippen LogP) is 7.58. The third-order valence-electron chi connectivity index (χ3n) is 11.8. The normalized spacial score (nSPS) is 32.3. The topological polar surface area (TPSA) is 92.7 Å². The fourth-order valence-electron chi connectivity index (χ4n) is 10.5. The number of aryl methyl sites for hydroxylation is 1. The van der Waals surface area contributed by atoms with E-state index in [0.717, 1.165) is 38.5 Å². The molecule has 0 aromatic heterocycles. The lowest BCUT2D eigenvalue weighted by Gasteiger charge is -2.61. The maximum atomic E-state index is 14.0. The molecule has 0 spiro atoms. The highest BCUT2D eigenvalue weighted by molar-refractivity contribution is 7.85. The Hall–Kier alpha value is -3.16. The first-order chi connectivity index (χ1) is 21.4. The van der Waals surface area contributed by atoms with Gasteiger partial charge in [0.15, 0.2) is 0 Å². The highest BCUT2D eigenvalue weighted by Crippen LogP contribution is 2.63. The third kappa shape index (κ3) is 4.75. The van der Waals surface area contributed by atoms with Crippen LogP contribution in [0.25, 0.3) is 0 Å². The van der Waals surface area contributed by atoms with E-state index in [4.69, 9.17) is 9.47 Å². The van der Waals surface area contributed by atoms with E-state index in [2.05, 4.69) is 48.5 Å². The number of ether oxygens (including phenoxy) is 2. The van der Waals surface area contributed by atoms with Crippen LogP contribution < -0.4 is 4.74 Å². The molecule has 0 aliphatic heterocycles. The third-order valence-corrected chi connectivity index (χ3v) is 12.7. The van der Waals surface area contributed by atoms with Crippen LogP contribution >= 0.6 is 0 Å². The number of benzene rings is 3. The summed E-state index contributed by atoms with van der Waals surface area (Å²) in [6.45, 7) is 6.03.